The van der Waals surface area contributed by atoms with Gasteiger partial charge in [-0.3, -0.25) is 4.79 Å². The summed E-state index contributed by atoms with van der Waals surface area (Å²) in [5, 5.41) is 2.71. The molecule has 1 saturated carbocycles. The summed E-state index contributed by atoms with van der Waals surface area (Å²) < 4.78 is 28.5. The molecule has 21 heavy (non-hydrogen) atoms. The number of benzene rings is 1. The van der Waals surface area contributed by atoms with Gasteiger partial charge in [0.15, 0.2) is 0 Å². The monoisotopic (exact) mass is 318 g/mol. The fraction of sp³-hybridized carbons (Fsp3) is 0.500. The van der Waals surface area contributed by atoms with Crippen molar-refractivity contribution < 1.29 is 18.3 Å². The average molecular weight is 319 g/mol. The third kappa shape index (κ3) is 4.54. The molecule has 4 nitrogen and oxygen atoms in total. The number of ether oxygens (including phenoxy) is 1. The van der Waals surface area contributed by atoms with Crippen molar-refractivity contribution in [2.45, 2.75) is 38.3 Å². The number of amides is 1. The first-order valence-corrected chi connectivity index (χ1v) is 7.13. The number of nitrogens with two attached hydrogens (primary N) is 1. The van der Waals surface area contributed by atoms with Crippen molar-refractivity contribution >= 4 is 23.2 Å². The Morgan fingerprint density at radius 2 is 2.24 bits per heavy atom. The normalized spacial score (nSPS) is 21.6. The minimum atomic E-state index is -2.94. The summed E-state index contributed by atoms with van der Waals surface area (Å²) >= 11 is 5.82. The molecule has 0 aliphatic heterocycles. The molecule has 3 N–H and O–H groups in total. The predicted octanol–water partition coefficient (Wildman–Crippen LogP) is 3.40. The molecule has 116 valence electrons. The van der Waals surface area contributed by atoms with E-state index in [1.807, 2.05) is 0 Å². The summed E-state index contributed by atoms with van der Waals surface area (Å²) in [6, 6.07) is 4.22. The van der Waals surface area contributed by atoms with E-state index >= 15 is 0 Å². The molecular weight excluding hydrogens is 302 g/mol. The largest absolute Gasteiger partial charge is 0.433 e. The van der Waals surface area contributed by atoms with Gasteiger partial charge in [-0.2, -0.15) is 8.78 Å². The molecule has 0 aromatic heterocycles. The Morgan fingerprint density at radius 1 is 1.48 bits per heavy atom. The Balaban J connectivity index is 1.93. The number of halogens is 3. The minimum Gasteiger partial charge on any atom is -0.433 e. The van der Waals surface area contributed by atoms with Crippen LogP contribution in [0.25, 0.3) is 0 Å². The summed E-state index contributed by atoms with van der Waals surface area (Å²) in [4.78, 5) is 11.9. The van der Waals surface area contributed by atoms with E-state index < -0.39 is 6.61 Å². The van der Waals surface area contributed by atoms with E-state index in [9.17, 15) is 13.6 Å². The Kier molecular flexibility index (Phi) is 5.36. The van der Waals surface area contributed by atoms with Crippen molar-refractivity contribution in [3.63, 3.8) is 0 Å². The first-order chi connectivity index (χ1) is 9.95. The van der Waals surface area contributed by atoms with Crippen LogP contribution in [-0.4, -0.2) is 18.6 Å². The smallest absolute Gasteiger partial charge is 0.387 e. The number of nitrogens with one attached hydrogen (secondary N) is 1. The second kappa shape index (κ2) is 7.04. The lowest BCUT2D eigenvalue weighted by Crippen LogP contribution is -2.28. The number of anilines is 1. The maximum atomic E-state index is 12.1. The predicted molar refractivity (Wildman–Crippen MR) is 76.6 cm³/mol. The zero-order valence-corrected chi connectivity index (χ0v) is 12.1. The van der Waals surface area contributed by atoms with Crippen molar-refractivity contribution in [2.24, 2.45) is 11.7 Å². The molecule has 0 bridgehead atoms. The van der Waals surface area contributed by atoms with Gasteiger partial charge in [0, 0.05) is 18.2 Å². The van der Waals surface area contributed by atoms with E-state index in [1.165, 1.54) is 18.2 Å². The molecule has 2 atom stereocenters. The Labute approximate surface area is 126 Å². The molecule has 7 heteroatoms. The summed E-state index contributed by atoms with van der Waals surface area (Å²) in [5.41, 5.74) is 6.37. The van der Waals surface area contributed by atoms with Crippen molar-refractivity contribution in [2.75, 3.05) is 5.32 Å². The van der Waals surface area contributed by atoms with Gasteiger partial charge in [-0.05, 0) is 37.0 Å². The zero-order valence-electron chi connectivity index (χ0n) is 11.3. The van der Waals surface area contributed by atoms with Gasteiger partial charge in [-0.1, -0.05) is 18.0 Å². The highest BCUT2D eigenvalue weighted by Gasteiger charge is 2.26. The van der Waals surface area contributed by atoms with E-state index in [0.717, 1.165) is 19.3 Å². The highest BCUT2D eigenvalue weighted by Crippen LogP contribution is 2.30. The number of rotatable bonds is 5. The van der Waals surface area contributed by atoms with Crippen molar-refractivity contribution in [3.05, 3.63) is 23.2 Å². The van der Waals surface area contributed by atoms with Gasteiger partial charge >= 0.3 is 6.61 Å². The summed E-state index contributed by atoms with van der Waals surface area (Å²) in [6.45, 7) is -2.94. The van der Waals surface area contributed by atoms with Gasteiger partial charge in [0.05, 0.1) is 5.02 Å². The molecule has 1 amide bonds. The molecule has 0 saturated heterocycles. The molecule has 2 rings (SSSR count). The van der Waals surface area contributed by atoms with Crippen LogP contribution in [-0.2, 0) is 4.79 Å². The summed E-state index contributed by atoms with van der Waals surface area (Å²) in [5.74, 6) is -0.0830. The van der Waals surface area contributed by atoms with Gasteiger partial charge < -0.3 is 15.8 Å². The standard InChI is InChI=1S/C14H17ClF2N2O2/c15-10-7-9(4-5-12(10)21-14(16)17)19-13(20)6-8-2-1-3-11(8)18/h4-5,7-8,11,14H,1-3,6,18H2,(H,19,20)/t8-,11+/m0/s1. The highest BCUT2D eigenvalue weighted by molar-refractivity contribution is 6.32. The van der Waals surface area contributed by atoms with Crippen molar-refractivity contribution in [3.8, 4) is 5.75 Å². The quantitative estimate of drug-likeness (QED) is 0.874. The van der Waals surface area contributed by atoms with E-state index in [0.29, 0.717) is 12.1 Å². The van der Waals surface area contributed by atoms with E-state index in [-0.39, 0.29) is 28.6 Å². The van der Waals surface area contributed by atoms with Gasteiger partial charge in [0.2, 0.25) is 5.91 Å². The molecule has 0 spiro atoms. The average Bonchev–Trinajstić information content (AvgIpc) is 2.78. The topological polar surface area (TPSA) is 64.4 Å². The van der Waals surface area contributed by atoms with Crippen molar-refractivity contribution in [1.29, 1.82) is 0 Å². The van der Waals surface area contributed by atoms with Crippen LogP contribution in [0.3, 0.4) is 0 Å². The fourth-order valence-corrected chi connectivity index (χ4v) is 2.76. The number of carbonyl (C=O) groups excluding carboxylic acids is 1. The molecule has 0 radical (unpaired) electrons. The summed E-state index contributed by atoms with van der Waals surface area (Å²) in [6.07, 6.45) is 3.30. The minimum absolute atomic E-state index is 0.0191. The van der Waals surface area contributed by atoms with Gasteiger partial charge in [-0.15, -0.1) is 0 Å². The third-order valence-electron chi connectivity index (χ3n) is 3.60. The Hall–Kier alpha value is -1.40. The van der Waals surface area contributed by atoms with Gasteiger partial charge in [-0.25, -0.2) is 0 Å². The Bertz CT molecular complexity index is 514. The van der Waals surface area contributed by atoms with Crippen LogP contribution in [0, 0.1) is 5.92 Å². The van der Waals surface area contributed by atoms with Crippen LogP contribution in [0.2, 0.25) is 5.02 Å². The molecule has 1 aliphatic rings. The lowest BCUT2D eigenvalue weighted by Gasteiger charge is -2.15. The SMILES string of the molecule is N[C@@H]1CCC[C@H]1CC(=O)Nc1ccc(OC(F)F)c(Cl)c1. The molecule has 1 aromatic carbocycles. The van der Waals surface area contributed by atoms with Crippen LogP contribution in [0.5, 0.6) is 5.75 Å². The van der Waals surface area contributed by atoms with Crippen LogP contribution in [0.15, 0.2) is 18.2 Å². The summed E-state index contributed by atoms with van der Waals surface area (Å²) in [7, 11) is 0. The molecule has 0 heterocycles. The maximum Gasteiger partial charge on any atom is 0.387 e. The lowest BCUT2D eigenvalue weighted by atomic mass is 10.00. The van der Waals surface area contributed by atoms with Crippen LogP contribution < -0.4 is 15.8 Å². The maximum absolute atomic E-state index is 12.1. The van der Waals surface area contributed by atoms with Gasteiger partial charge in [0.25, 0.3) is 0 Å². The Morgan fingerprint density at radius 3 is 2.81 bits per heavy atom. The number of alkyl halides is 2. The van der Waals surface area contributed by atoms with Crippen molar-refractivity contribution in [1.82, 2.24) is 0 Å². The molecule has 1 fully saturated rings. The number of hydrogen-bond acceptors (Lipinski definition) is 3. The van der Waals surface area contributed by atoms with E-state index in [2.05, 4.69) is 10.1 Å². The second-order valence-corrected chi connectivity index (χ2v) is 5.54. The second-order valence-electron chi connectivity index (χ2n) is 5.13. The molecular formula is C14H17ClF2N2O2. The lowest BCUT2D eigenvalue weighted by molar-refractivity contribution is -0.117. The van der Waals surface area contributed by atoms with E-state index in [4.69, 9.17) is 17.3 Å². The number of carbonyl (C=O) groups is 1. The van der Waals surface area contributed by atoms with Crippen LogP contribution in [0.4, 0.5) is 14.5 Å². The van der Waals surface area contributed by atoms with Gasteiger partial charge in [0.1, 0.15) is 5.75 Å². The number of hydrogen-bond donors (Lipinski definition) is 2. The zero-order chi connectivity index (χ0) is 15.4. The first-order valence-electron chi connectivity index (χ1n) is 6.75. The third-order valence-corrected chi connectivity index (χ3v) is 3.89. The van der Waals surface area contributed by atoms with E-state index in [1.54, 1.807) is 0 Å². The fourth-order valence-electron chi connectivity index (χ4n) is 2.54. The van der Waals surface area contributed by atoms with Crippen LogP contribution >= 0.6 is 11.6 Å². The molecule has 1 aliphatic carbocycles. The molecule has 1 aromatic rings. The molecule has 0 unspecified atom stereocenters. The highest BCUT2D eigenvalue weighted by atomic mass is 35.5. The first kappa shape index (κ1) is 16.0. The van der Waals surface area contributed by atoms with Crippen LogP contribution in [0.1, 0.15) is 25.7 Å².